The standard InChI is InChI=1S/C19H26N2O4/c1-3-23-16-6-8-17(9-7-16)24-13-15(22)12-21-10-4-5-18(21)19-11-14(2)20-25-19/h6-9,11,15,18,22H,3-5,10,12-13H2,1-2H3/t15-,18+/m1/s1. The van der Waals surface area contributed by atoms with Crippen molar-refractivity contribution < 1.29 is 19.1 Å². The van der Waals surface area contributed by atoms with Gasteiger partial charge in [-0.2, -0.15) is 0 Å². The molecular formula is C19H26N2O4. The van der Waals surface area contributed by atoms with E-state index in [-0.39, 0.29) is 12.6 Å². The van der Waals surface area contributed by atoms with E-state index in [0.717, 1.165) is 42.3 Å². The summed E-state index contributed by atoms with van der Waals surface area (Å²) in [6.07, 6.45) is 1.56. The molecule has 2 atom stereocenters. The van der Waals surface area contributed by atoms with Crippen molar-refractivity contribution in [2.24, 2.45) is 0 Å². The molecule has 25 heavy (non-hydrogen) atoms. The van der Waals surface area contributed by atoms with E-state index in [1.54, 1.807) is 0 Å². The lowest BCUT2D eigenvalue weighted by Gasteiger charge is -2.25. The Morgan fingerprint density at radius 2 is 2.00 bits per heavy atom. The molecule has 1 saturated heterocycles. The van der Waals surface area contributed by atoms with E-state index in [9.17, 15) is 5.11 Å². The molecule has 2 aromatic rings. The summed E-state index contributed by atoms with van der Waals surface area (Å²) in [4.78, 5) is 2.24. The lowest BCUT2D eigenvalue weighted by molar-refractivity contribution is 0.0597. The van der Waals surface area contributed by atoms with Gasteiger partial charge in [0.1, 0.15) is 24.2 Å². The van der Waals surface area contributed by atoms with Crippen LogP contribution in [0.2, 0.25) is 0 Å². The summed E-state index contributed by atoms with van der Waals surface area (Å²) in [7, 11) is 0. The summed E-state index contributed by atoms with van der Waals surface area (Å²) in [6.45, 7) is 6.28. The molecule has 1 aliphatic rings. The van der Waals surface area contributed by atoms with Crippen LogP contribution in [-0.4, -0.2) is 47.6 Å². The zero-order valence-electron chi connectivity index (χ0n) is 14.9. The second-order valence-electron chi connectivity index (χ2n) is 6.39. The van der Waals surface area contributed by atoms with Gasteiger partial charge >= 0.3 is 0 Å². The minimum atomic E-state index is -0.559. The van der Waals surface area contributed by atoms with Gasteiger partial charge in [0, 0.05) is 12.6 Å². The second kappa shape index (κ2) is 8.36. The summed E-state index contributed by atoms with van der Waals surface area (Å²) < 4.78 is 16.5. The number of hydrogen-bond acceptors (Lipinski definition) is 6. The summed E-state index contributed by atoms with van der Waals surface area (Å²) in [5.74, 6) is 2.43. The van der Waals surface area contributed by atoms with Crippen LogP contribution in [0.1, 0.15) is 37.3 Å². The lowest BCUT2D eigenvalue weighted by Crippen LogP contribution is -2.35. The van der Waals surface area contributed by atoms with Gasteiger partial charge in [-0.3, -0.25) is 4.90 Å². The average Bonchev–Trinajstić information content (AvgIpc) is 3.23. The van der Waals surface area contributed by atoms with Crippen LogP contribution in [0.4, 0.5) is 0 Å². The third kappa shape index (κ3) is 4.74. The predicted octanol–water partition coefficient (Wildman–Crippen LogP) is 2.96. The molecular weight excluding hydrogens is 320 g/mol. The number of ether oxygens (including phenoxy) is 2. The highest BCUT2D eigenvalue weighted by Crippen LogP contribution is 2.32. The fraction of sp³-hybridized carbons (Fsp3) is 0.526. The maximum Gasteiger partial charge on any atom is 0.154 e. The Morgan fingerprint density at radius 3 is 2.64 bits per heavy atom. The number of nitrogens with zero attached hydrogens (tertiary/aromatic N) is 2. The number of aryl methyl sites for hydroxylation is 1. The molecule has 6 nitrogen and oxygen atoms in total. The second-order valence-corrected chi connectivity index (χ2v) is 6.39. The quantitative estimate of drug-likeness (QED) is 0.793. The number of benzene rings is 1. The first kappa shape index (κ1) is 17.8. The van der Waals surface area contributed by atoms with Crippen molar-refractivity contribution in [1.29, 1.82) is 0 Å². The van der Waals surface area contributed by atoms with Crippen LogP contribution in [0.15, 0.2) is 34.9 Å². The van der Waals surface area contributed by atoms with Crippen LogP contribution in [0.5, 0.6) is 11.5 Å². The molecule has 6 heteroatoms. The van der Waals surface area contributed by atoms with E-state index in [1.165, 1.54) is 0 Å². The maximum atomic E-state index is 10.3. The number of hydrogen-bond donors (Lipinski definition) is 1. The SMILES string of the molecule is CCOc1ccc(OC[C@H](O)CN2CCC[C@H]2c2cc(C)no2)cc1. The molecule has 0 saturated carbocycles. The van der Waals surface area contributed by atoms with Crippen LogP contribution < -0.4 is 9.47 Å². The molecule has 1 aromatic heterocycles. The molecule has 2 heterocycles. The van der Waals surface area contributed by atoms with Gasteiger partial charge in [0.25, 0.3) is 0 Å². The van der Waals surface area contributed by atoms with E-state index in [0.29, 0.717) is 13.2 Å². The zero-order chi connectivity index (χ0) is 17.6. The third-order valence-electron chi connectivity index (χ3n) is 4.36. The fourth-order valence-corrected chi connectivity index (χ4v) is 3.22. The molecule has 0 radical (unpaired) electrons. The van der Waals surface area contributed by atoms with E-state index in [2.05, 4.69) is 10.1 Å². The molecule has 1 N–H and O–H groups in total. The largest absolute Gasteiger partial charge is 0.494 e. The first-order chi connectivity index (χ1) is 12.2. The number of aromatic nitrogens is 1. The van der Waals surface area contributed by atoms with Crippen LogP contribution >= 0.6 is 0 Å². The molecule has 3 rings (SSSR count). The van der Waals surface area contributed by atoms with Gasteiger partial charge in [-0.15, -0.1) is 0 Å². The number of rotatable bonds is 8. The number of β-amino-alcohol motifs (C(OH)–C–C–N with tert-alkyl or cyclic N) is 1. The van der Waals surface area contributed by atoms with Crippen LogP contribution in [0.3, 0.4) is 0 Å². The Balaban J connectivity index is 1.49. The van der Waals surface area contributed by atoms with Crippen LogP contribution in [-0.2, 0) is 0 Å². The Morgan fingerprint density at radius 1 is 1.28 bits per heavy atom. The molecule has 0 aliphatic carbocycles. The van der Waals surface area contributed by atoms with Gasteiger partial charge in [0.15, 0.2) is 5.76 Å². The first-order valence-corrected chi connectivity index (χ1v) is 8.86. The summed E-state index contributed by atoms with van der Waals surface area (Å²) >= 11 is 0. The smallest absolute Gasteiger partial charge is 0.154 e. The molecule has 0 spiro atoms. The van der Waals surface area contributed by atoms with Gasteiger partial charge in [-0.25, -0.2) is 0 Å². The number of aliphatic hydroxyl groups excluding tert-OH is 1. The molecule has 0 bridgehead atoms. The average molecular weight is 346 g/mol. The first-order valence-electron chi connectivity index (χ1n) is 8.86. The molecule has 0 amide bonds. The highest BCUT2D eigenvalue weighted by molar-refractivity contribution is 5.31. The zero-order valence-corrected chi connectivity index (χ0v) is 14.9. The summed E-state index contributed by atoms with van der Waals surface area (Å²) in [5, 5.41) is 14.3. The summed E-state index contributed by atoms with van der Waals surface area (Å²) in [5.41, 5.74) is 0.890. The minimum absolute atomic E-state index is 0.196. The maximum absolute atomic E-state index is 10.3. The Hall–Kier alpha value is -2.05. The topological polar surface area (TPSA) is 68.0 Å². The lowest BCUT2D eigenvalue weighted by atomic mass is 10.1. The van der Waals surface area contributed by atoms with Crippen molar-refractivity contribution >= 4 is 0 Å². The Labute approximate surface area is 148 Å². The van der Waals surface area contributed by atoms with Crippen molar-refractivity contribution in [1.82, 2.24) is 10.1 Å². The van der Waals surface area contributed by atoms with Crippen molar-refractivity contribution in [3.63, 3.8) is 0 Å². The van der Waals surface area contributed by atoms with Crippen molar-refractivity contribution in [2.75, 3.05) is 26.3 Å². The van der Waals surface area contributed by atoms with E-state index in [1.807, 2.05) is 44.2 Å². The van der Waals surface area contributed by atoms with Gasteiger partial charge in [0.2, 0.25) is 0 Å². The summed E-state index contributed by atoms with van der Waals surface area (Å²) in [6, 6.07) is 9.62. The normalized spacial score (nSPS) is 19.1. The monoisotopic (exact) mass is 346 g/mol. The van der Waals surface area contributed by atoms with Crippen molar-refractivity contribution in [3.8, 4) is 11.5 Å². The predicted molar refractivity (Wildman–Crippen MR) is 93.9 cm³/mol. The minimum Gasteiger partial charge on any atom is -0.494 e. The molecule has 1 aromatic carbocycles. The molecule has 1 fully saturated rings. The van der Waals surface area contributed by atoms with E-state index < -0.39 is 6.10 Å². The Bertz CT molecular complexity index is 656. The van der Waals surface area contributed by atoms with E-state index >= 15 is 0 Å². The third-order valence-corrected chi connectivity index (χ3v) is 4.36. The molecule has 0 unspecified atom stereocenters. The molecule has 1 aliphatic heterocycles. The van der Waals surface area contributed by atoms with Crippen molar-refractivity contribution in [3.05, 3.63) is 41.8 Å². The van der Waals surface area contributed by atoms with Crippen LogP contribution in [0.25, 0.3) is 0 Å². The van der Waals surface area contributed by atoms with Crippen LogP contribution in [0, 0.1) is 6.92 Å². The Kier molecular flexibility index (Phi) is 5.94. The van der Waals surface area contributed by atoms with Gasteiger partial charge in [-0.1, -0.05) is 5.16 Å². The highest BCUT2D eigenvalue weighted by Gasteiger charge is 2.30. The number of aliphatic hydroxyl groups is 1. The fourth-order valence-electron chi connectivity index (χ4n) is 3.22. The number of likely N-dealkylation sites (tertiary alicyclic amines) is 1. The molecule has 136 valence electrons. The highest BCUT2D eigenvalue weighted by atomic mass is 16.5. The van der Waals surface area contributed by atoms with Crippen molar-refractivity contribution in [2.45, 2.75) is 38.8 Å². The van der Waals surface area contributed by atoms with Gasteiger partial charge < -0.3 is 19.1 Å². The van der Waals surface area contributed by atoms with Gasteiger partial charge in [0.05, 0.1) is 18.3 Å². The van der Waals surface area contributed by atoms with E-state index in [4.69, 9.17) is 14.0 Å². The van der Waals surface area contributed by atoms with Gasteiger partial charge in [-0.05, 0) is 57.5 Å².